The van der Waals surface area contributed by atoms with Crippen LogP contribution in [-0.2, 0) is 0 Å². The molecule has 2 amide bonds. The molecule has 2 unspecified atom stereocenters. The van der Waals surface area contributed by atoms with Gasteiger partial charge in [-0.3, -0.25) is 0 Å². The van der Waals surface area contributed by atoms with Crippen molar-refractivity contribution in [2.45, 2.75) is 52.3 Å². The lowest BCUT2D eigenvalue weighted by atomic mass is 10.1. The van der Waals surface area contributed by atoms with E-state index >= 15 is 0 Å². The van der Waals surface area contributed by atoms with E-state index < -0.39 is 0 Å². The van der Waals surface area contributed by atoms with Crippen molar-refractivity contribution in [1.29, 1.82) is 0 Å². The van der Waals surface area contributed by atoms with Crippen molar-refractivity contribution in [2.75, 3.05) is 6.61 Å². The molecule has 21 heavy (non-hydrogen) atoms. The Morgan fingerprint density at radius 2 is 1.81 bits per heavy atom. The summed E-state index contributed by atoms with van der Waals surface area (Å²) in [7, 11) is 0. The molecule has 0 fully saturated rings. The second-order valence-corrected chi connectivity index (χ2v) is 5.36. The maximum Gasteiger partial charge on any atom is 0.315 e. The van der Waals surface area contributed by atoms with E-state index in [1.807, 2.05) is 52.0 Å². The number of aliphatic hydroxyl groups is 1. The second-order valence-electron chi connectivity index (χ2n) is 5.36. The zero-order valence-corrected chi connectivity index (χ0v) is 13.2. The molecule has 3 N–H and O–H groups in total. The van der Waals surface area contributed by atoms with Crippen LogP contribution in [0.2, 0.25) is 0 Å². The molecule has 0 aromatic heterocycles. The molecule has 0 aliphatic carbocycles. The Labute approximate surface area is 126 Å². The minimum Gasteiger partial charge on any atom is -0.491 e. The van der Waals surface area contributed by atoms with E-state index in [1.165, 1.54) is 0 Å². The van der Waals surface area contributed by atoms with Crippen LogP contribution in [-0.4, -0.2) is 29.9 Å². The number of nitrogens with one attached hydrogen (secondary N) is 2. The first kappa shape index (κ1) is 17.3. The van der Waals surface area contributed by atoms with Crippen molar-refractivity contribution in [3.8, 4) is 5.75 Å². The lowest BCUT2D eigenvalue weighted by Gasteiger charge is -2.19. The molecule has 2 atom stereocenters. The summed E-state index contributed by atoms with van der Waals surface area (Å²) >= 11 is 0. The van der Waals surface area contributed by atoms with Gasteiger partial charge < -0.3 is 20.5 Å². The highest BCUT2D eigenvalue weighted by atomic mass is 16.5. The third kappa shape index (κ3) is 6.04. The van der Waals surface area contributed by atoms with E-state index in [0.717, 1.165) is 11.3 Å². The average molecular weight is 294 g/mol. The van der Waals surface area contributed by atoms with Crippen molar-refractivity contribution < 1.29 is 14.6 Å². The number of carbonyl (C=O) groups is 1. The lowest BCUT2D eigenvalue weighted by Crippen LogP contribution is -2.44. The van der Waals surface area contributed by atoms with Crippen molar-refractivity contribution in [3.05, 3.63) is 29.8 Å². The molecule has 5 nitrogen and oxygen atoms in total. The van der Waals surface area contributed by atoms with Gasteiger partial charge in [0.1, 0.15) is 5.75 Å². The number of ether oxygens (including phenoxy) is 1. The molecule has 0 aliphatic heterocycles. The Morgan fingerprint density at radius 3 is 2.29 bits per heavy atom. The minimum atomic E-state index is -0.272. The maximum absolute atomic E-state index is 11.8. The fourth-order valence-corrected chi connectivity index (χ4v) is 1.89. The molecule has 1 aromatic carbocycles. The standard InChI is InChI=1S/C16H26N2O3/c1-5-14(10-19)18-16(20)17-12(4)13-6-8-15(9-7-13)21-11(2)3/h6-9,11-12,14,19H,5,10H2,1-4H3,(H2,17,18,20). The van der Waals surface area contributed by atoms with Gasteiger partial charge in [0.2, 0.25) is 0 Å². The highest BCUT2D eigenvalue weighted by molar-refractivity contribution is 5.74. The minimum absolute atomic E-state index is 0.0560. The number of hydrogen-bond donors (Lipinski definition) is 3. The summed E-state index contributed by atoms with van der Waals surface area (Å²) in [6.45, 7) is 7.73. The third-order valence-corrected chi connectivity index (χ3v) is 3.15. The summed E-state index contributed by atoms with van der Waals surface area (Å²) in [6.07, 6.45) is 0.834. The van der Waals surface area contributed by atoms with Gasteiger partial charge in [0.25, 0.3) is 0 Å². The van der Waals surface area contributed by atoms with Gasteiger partial charge in [-0.15, -0.1) is 0 Å². The molecule has 5 heteroatoms. The Balaban J connectivity index is 2.54. The van der Waals surface area contributed by atoms with E-state index in [1.54, 1.807) is 0 Å². The first-order valence-corrected chi connectivity index (χ1v) is 7.40. The van der Waals surface area contributed by atoms with Crippen LogP contribution in [0, 0.1) is 0 Å². The van der Waals surface area contributed by atoms with Crippen LogP contribution in [0.1, 0.15) is 45.7 Å². The van der Waals surface area contributed by atoms with Crippen LogP contribution in [0.15, 0.2) is 24.3 Å². The molecule has 0 aliphatic rings. The first-order chi connectivity index (χ1) is 9.96. The third-order valence-electron chi connectivity index (χ3n) is 3.15. The summed E-state index contributed by atoms with van der Waals surface area (Å²) in [4.78, 5) is 11.8. The van der Waals surface area contributed by atoms with Crippen LogP contribution >= 0.6 is 0 Å². The monoisotopic (exact) mass is 294 g/mol. The first-order valence-electron chi connectivity index (χ1n) is 7.40. The summed E-state index contributed by atoms with van der Waals surface area (Å²) in [5.41, 5.74) is 0.998. The largest absolute Gasteiger partial charge is 0.491 e. The molecule has 0 saturated heterocycles. The Bertz CT molecular complexity index is 428. The second kappa shape index (κ2) is 8.52. The van der Waals surface area contributed by atoms with E-state index in [-0.39, 0.29) is 30.8 Å². The lowest BCUT2D eigenvalue weighted by molar-refractivity contribution is 0.212. The zero-order chi connectivity index (χ0) is 15.8. The van der Waals surface area contributed by atoms with Gasteiger partial charge in [0, 0.05) is 0 Å². The molecule has 0 radical (unpaired) electrons. The number of amides is 2. The molecule has 0 heterocycles. The molecule has 1 rings (SSSR count). The van der Waals surface area contributed by atoms with Crippen molar-refractivity contribution in [2.24, 2.45) is 0 Å². The number of rotatable bonds is 7. The van der Waals surface area contributed by atoms with Crippen molar-refractivity contribution >= 4 is 6.03 Å². The Kier molecular flexibility index (Phi) is 7.02. The molecular weight excluding hydrogens is 268 g/mol. The fraction of sp³-hybridized carbons (Fsp3) is 0.562. The van der Waals surface area contributed by atoms with Gasteiger partial charge in [-0.2, -0.15) is 0 Å². The average Bonchev–Trinajstić information content (AvgIpc) is 2.44. The summed E-state index contributed by atoms with van der Waals surface area (Å²) < 4.78 is 5.58. The number of benzene rings is 1. The van der Waals surface area contributed by atoms with Crippen molar-refractivity contribution in [3.63, 3.8) is 0 Å². The van der Waals surface area contributed by atoms with E-state index in [4.69, 9.17) is 9.84 Å². The predicted molar refractivity (Wildman–Crippen MR) is 83.5 cm³/mol. The summed E-state index contributed by atoms with van der Waals surface area (Å²) in [6, 6.07) is 7.07. The Morgan fingerprint density at radius 1 is 1.19 bits per heavy atom. The predicted octanol–water partition coefficient (Wildman–Crippen LogP) is 2.60. The molecule has 0 saturated carbocycles. The van der Waals surface area contributed by atoms with Gasteiger partial charge in [0.15, 0.2) is 0 Å². The molecule has 0 bridgehead atoms. The van der Waals surface area contributed by atoms with Crippen LogP contribution in [0.4, 0.5) is 4.79 Å². The summed E-state index contributed by atoms with van der Waals surface area (Å²) in [5.74, 6) is 0.816. The summed E-state index contributed by atoms with van der Waals surface area (Å²) in [5, 5.41) is 14.7. The smallest absolute Gasteiger partial charge is 0.315 e. The SMILES string of the molecule is CCC(CO)NC(=O)NC(C)c1ccc(OC(C)C)cc1. The van der Waals surface area contributed by atoms with Crippen LogP contribution in [0.25, 0.3) is 0 Å². The molecule has 0 spiro atoms. The number of urea groups is 1. The van der Waals surface area contributed by atoms with Gasteiger partial charge in [0.05, 0.1) is 24.8 Å². The topological polar surface area (TPSA) is 70.6 Å². The van der Waals surface area contributed by atoms with Crippen LogP contribution < -0.4 is 15.4 Å². The van der Waals surface area contributed by atoms with Gasteiger partial charge >= 0.3 is 6.03 Å². The van der Waals surface area contributed by atoms with Gasteiger partial charge in [-0.25, -0.2) is 4.79 Å². The van der Waals surface area contributed by atoms with E-state index in [0.29, 0.717) is 6.42 Å². The molecule has 118 valence electrons. The molecule has 1 aromatic rings. The quantitative estimate of drug-likeness (QED) is 0.724. The maximum atomic E-state index is 11.8. The fourth-order valence-electron chi connectivity index (χ4n) is 1.89. The van der Waals surface area contributed by atoms with Crippen LogP contribution in [0.5, 0.6) is 5.75 Å². The molecular formula is C16H26N2O3. The normalized spacial score (nSPS) is 13.6. The number of hydrogen-bond acceptors (Lipinski definition) is 3. The van der Waals surface area contributed by atoms with E-state index in [9.17, 15) is 4.79 Å². The van der Waals surface area contributed by atoms with Crippen molar-refractivity contribution in [1.82, 2.24) is 10.6 Å². The van der Waals surface area contributed by atoms with Gasteiger partial charge in [-0.1, -0.05) is 19.1 Å². The van der Waals surface area contributed by atoms with E-state index in [2.05, 4.69) is 10.6 Å². The number of aliphatic hydroxyl groups excluding tert-OH is 1. The zero-order valence-electron chi connectivity index (χ0n) is 13.2. The number of carbonyl (C=O) groups excluding carboxylic acids is 1. The van der Waals surface area contributed by atoms with Crippen LogP contribution in [0.3, 0.4) is 0 Å². The highest BCUT2D eigenvalue weighted by Crippen LogP contribution is 2.18. The van der Waals surface area contributed by atoms with Gasteiger partial charge in [-0.05, 0) is 44.9 Å². The highest BCUT2D eigenvalue weighted by Gasteiger charge is 2.12. The Hall–Kier alpha value is -1.75.